The molecule has 0 atom stereocenters. The maximum Gasteiger partial charge on any atom is 0.281 e. The molecule has 0 radical (unpaired) electrons. The number of rotatable bonds is 4. The molecule has 0 spiro atoms. The van der Waals surface area contributed by atoms with Crippen LogP contribution < -0.4 is 0 Å². The molecule has 6 heteroatoms. The molecule has 1 aliphatic heterocycles. The van der Waals surface area contributed by atoms with Crippen LogP contribution in [0, 0.1) is 16.0 Å². The maximum absolute atomic E-state index is 12.2. The van der Waals surface area contributed by atoms with E-state index in [0.717, 1.165) is 24.3 Å². The molecule has 1 saturated heterocycles. The summed E-state index contributed by atoms with van der Waals surface area (Å²) in [7, 11) is 0. The first-order valence-corrected chi connectivity index (χ1v) is 7.66. The molecule has 19 heavy (non-hydrogen) atoms. The summed E-state index contributed by atoms with van der Waals surface area (Å²) in [5.41, 5.74) is -0.0182. The van der Waals surface area contributed by atoms with Gasteiger partial charge in [0.1, 0.15) is 0 Å². The lowest BCUT2D eigenvalue weighted by Gasteiger charge is -2.20. The minimum Gasteiger partial charge on any atom is -0.294 e. The van der Waals surface area contributed by atoms with Crippen LogP contribution in [0.25, 0.3) is 0 Å². The fraction of sp³-hybridized carbons (Fsp3) is 0.462. The number of carbonyl (C=O) groups is 1. The first-order valence-electron chi connectivity index (χ1n) is 6.13. The number of thioether (sulfide) groups is 1. The Morgan fingerprint density at radius 1 is 1.42 bits per heavy atom. The van der Waals surface area contributed by atoms with E-state index in [-0.39, 0.29) is 22.1 Å². The summed E-state index contributed by atoms with van der Waals surface area (Å²) in [5, 5.41) is 11.2. The summed E-state index contributed by atoms with van der Waals surface area (Å²) in [6.07, 6.45) is 2.42. The van der Waals surface area contributed by atoms with Gasteiger partial charge in [0.2, 0.25) is 0 Å². The van der Waals surface area contributed by atoms with Gasteiger partial charge in [-0.1, -0.05) is 11.6 Å². The van der Waals surface area contributed by atoms with Crippen LogP contribution in [0.3, 0.4) is 0 Å². The van der Waals surface area contributed by atoms with Gasteiger partial charge < -0.3 is 0 Å². The van der Waals surface area contributed by atoms with Crippen molar-refractivity contribution in [3.63, 3.8) is 0 Å². The third-order valence-electron chi connectivity index (χ3n) is 3.27. The molecule has 0 saturated carbocycles. The van der Waals surface area contributed by atoms with E-state index in [1.165, 1.54) is 18.2 Å². The van der Waals surface area contributed by atoms with Crippen molar-refractivity contribution in [1.82, 2.24) is 0 Å². The molecule has 1 aromatic carbocycles. The van der Waals surface area contributed by atoms with Crippen LogP contribution in [-0.4, -0.2) is 22.2 Å². The van der Waals surface area contributed by atoms with Crippen LogP contribution in [-0.2, 0) is 0 Å². The normalized spacial score (nSPS) is 16.3. The zero-order chi connectivity index (χ0) is 13.8. The Balaban J connectivity index is 2.16. The SMILES string of the molecule is O=C(CC1CCSCC1)c1ccc(Cl)cc1[N+](=O)[O-]. The number of ketones is 1. The van der Waals surface area contributed by atoms with E-state index in [4.69, 9.17) is 11.6 Å². The van der Waals surface area contributed by atoms with E-state index < -0.39 is 4.92 Å². The van der Waals surface area contributed by atoms with Crippen molar-refractivity contribution >= 4 is 34.8 Å². The molecular formula is C13H14ClNO3S. The third-order valence-corrected chi connectivity index (χ3v) is 4.56. The molecule has 1 aromatic rings. The number of carbonyl (C=O) groups excluding carboxylic acids is 1. The number of nitro groups is 1. The molecule has 0 aromatic heterocycles. The molecule has 2 rings (SSSR count). The van der Waals surface area contributed by atoms with E-state index in [1.54, 1.807) is 0 Å². The predicted octanol–water partition coefficient (Wildman–Crippen LogP) is 3.96. The Hall–Kier alpha value is -1.07. The van der Waals surface area contributed by atoms with Crippen molar-refractivity contribution < 1.29 is 9.72 Å². The first-order chi connectivity index (χ1) is 9.08. The Morgan fingerprint density at radius 3 is 2.74 bits per heavy atom. The second kappa shape index (κ2) is 6.39. The number of benzene rings is 1. The van der Waals surface area contributed by atoms with E-state index in [9.17, 15) is 14.9 Å². The van der Waals surface area contributed by atoms with E-state index in [1.807, 2.05) is 11.8 Å². The smallest absolute Gasteiger partial charge is 0.281 e. The highest BCUT2D eigenvalue weighted by atomic mass is 35.5. The van der Waals surface area contributed by atoms with Crippen LogP contribution in [0.15, 0.2) is 18.2 Å². The molecular weight excluding hydrogens is 286 g/mol. The molecule has 4 nitrogen and oxygen atoms in total. The number of hydrogen-bond donors (Lipinski definition) is 0. The number of nitro benzene ring substituents is 1. The van der Waals surface area contributed by atoms with Gasteiger partial charge in [-0.2, -0.15) is 11.8 Å². The largest absolute Gasteiger partial charge is 0.294 e. The number of nitrogens with zero attached hydrogens (tertiary/aromatic N) is 1. The van der Waals surface area contributed by atoms with E-state index in [2.05, 4.69) is 0 Å². The standard InChI is InChI=1S/C13H14ClNO3S/c14-10-1-2-11(12(8-10)15(17)18)13(16)7-9-3-5-19-6-4-9/h1-2,8-9H,3-7H2. The fourth-order valence-electron chi connectivity index (χ4n) is 2.21. The van der Waals surface area contributed by atoms with Gasteiger partial charge >= 0.3 is 0 Å². The van der Waals surface area contributed by atoms with Gasteiger partial charge in [0, 0.05) is 17.5 Å². The van der Waals surface area contributed by atoms with Gasteiger partial charge in [-0.15, -0.1) is 0 Å². The van der Waals surface area contributed by atoms with E-state index >= 15 is 0 Å². The first kappa shape index (κ1) is 14.3. The quantitative estimate of drug-likeness (QED) is 0.479. The van der Waals surface area contributed by atoms with Crippen LogP contribution in [0.4, 0.5) is 5.69 Å². The lowest BCUT2D eigenvalue weighted by atomic mass is 9.93. The number of Topliss-reactive ketones (excluding diaryl/α,β-unsaturated/α-hetero) is 1. The fourth-order valence-corrected chi connectivity index (χ4v) is 3.58. The molecule has 1 heterocycles. The van der Waals surface area contributed by atoms with Gasteiger partial charge in [0.15, 0.2) is 5.78 Å². The second-order valence-electron chi connectivity index (χ2n) is 4.60. The Bertz CT molecular complexity index is 501. The van der Waals surface area contributed by atoms with Crippen LogP contribution >= 0.6 is 23.4 Å². The third kappa shape index (κ3) is 3.70. The van der Waals surface area contributed by atoms with Gasteiger partial charge in [-0.25, -0.2) is 0 Å². The molecule has 0 aliphatic carbocycles. The summed E-state index contributed by atoms with van der Waals surface area (Å²) in [5.74, 6) is 2.34. The Labute approximate surface area is 120 Å². The van der Waals surface area contributed by atoms with Gasteiger partial charge in [-0.05, 0) is 42.4 Å². The van der Waals surface area contributed by atoms with Crippen molar-refractivity contribution in [3.8, 4) is 0 Å². The highest BCUT2D eigenvalue weighted by Crippen LogP contribution is 2.29. The number of hydrogen-bond acceptors (Lipinski definition) is 4. The molecule has 0 N–H and O–H groups in total. The lowest BCUT2D eigenvalue weighted by Crippen LogP contribution is -2.15. The van der Waals surface area contributed by atoms with Crippen molar-refractivity contribution in [2.24, 2.45) is 5.92 Å². The molecule has 0 amide bonds. The van der Waals surface area contributed by atoms with Crippen LogP contribution in [0.2, 0.25) is 5.02 Å². The van der Waals surface area contributed by atoms with Crippen molar-refractivity contribution in [1.29, 1.82) is 0 Å². The molecule has 1 aliphatic rings. The van der Waals surface area contributed by atoms with Crippen molar-refractivity contribution in [2.75, 3.05) is 11.5 Å². The average Bonchev–Trinajstić information content (AvgIpc) is 2.39. The topological polar surface area (TPSA) is 60.2 Å². The Morgan fingerprint density at radius 2 is 2.11 bits per heavy atom. The zero-order valence-corrected chi connectivity index (χ0v) is 11.9. The summed E-state index contributed by atoms with van der Waals surface area (Å²) < 4.78 is 0. The highest BCUT2D eigenvalue weighted by molar-refractivity contribution is 7.99. The monoisotopic (exact) mass is 299 g/mol. The van der Waals surface area contributed by atoms with Crippen LogP contribution in [0.5, 0.6) is 0 Å². The average molecular weight is 300 g/mol. The summed E-state index contributed by atoms with van der Waals surface area (Å²) in [4.78, 5) is 22.6. The summed E-state index contributed by atoms with van der Waals surface area (Å²) in [6.45, 7) is 0. The zero-order valence-electron chi connectivity index (χ0n) is 10.3. The minimum atomic E-state index is -0.546. The van der Waals surface area contributed by atoms with Gasteiger partial charge in [0.05, 0.1) is 10.5 Å². The predicted molar refractivity (Wildman–Crippen MR) is 77.1 cm³/mol. The van der Waals surface area contributed by atoms with Crippen molar-refractivity contribution in [2.45, 2.75) is 19.3 Å². The van der Waals surface area contributed by atoms with Crippen molar-refractivity contribution in [3.05, 3.63) is 38.9 Å². The molecule has 102 valence electrons. The number of halogens is 1. The van der Waals surface area contributed by atoms with E-state index in [0.29, 0.717) is 12.3 Å². The molecule has 1 fully saturated rings. The van der Waals surface area contributed by atoms with Crippen LogP contribution in [0.1, 0.15) is 29.6 Å². The summed E-state index contributed by atoms with van der Waals surface area (Å²) >= 11 is 7.63. The molecule has 0 unspecified atom stereocenters. The highest BCUT2D eigenvalue weighted by Gasteiger charge is 2.24. The Kier molecular flexibility index (Phi) is 4.82. The summed E-state index contributed by atoms with van der Waals surface area (Å²) in [6, 6.07) is 4.23. The van der Waals surface area contributed by atoms with Gasteiger partial charge in [-0.3, -0.25) is 14.9 Å². The second-order valence-corrected chi connectivity index (χ2v) is 6.26. The lowest BCUT2D eigenvalue weighted by molar-refractivity contribution is -0.385. The molecule has 0 bridgehead atoms. The maximum atomic E-state index is 12.2. The minimum absolute atomic E-state index is 0.153. The van der Waals surface area contributed by atoms with Gasteiger partial charge in [0.25, 0.3) is 5.69 Å².